The fourth-order valence-corrected chi connectivity index (χ4v) is 72.9. The van der Waals surface area contributed by atoms with E-state index < -0.39 is 172 Å². The van der Waals surface area contributed by atoms with Gasteiger partial charge < -0.3 is 103 Å². The summed E-state index contributed by atoms with van der Waals surface area (Å²) in [6.45, 7) is 106. The number of esters is 8. The normalized spacial score (nSPS) is 14.0. The Hall–Kier alpha value is -3.88. The Labute approximate surface area is 854 Å². The highest BCUT2D eigenvalue weighted by molar-refractivity contribution is 6.93. The zero-order valence-electron chi connectivity index (χ0n) is 93.3. The van der Waals surface area contributed by atoms with Gasteiger partial charge in [0.05, 0.1) is 46.2 Å². The maximum Gasteiger partial charge on any atom is 0.472 e. The van der Waals surface area contributed by atoms with Crippen LogP contribution in [0.15, 0.2) is 97.2 Å². The van der Waals surface area contributed by atoms with Crippen molar-refractivity contribution in [3.63, 3.8) is 0 Å². The molecule has 5 atom stereocenters. The molecule has 31 nitrogen and oxygen atoms in total. The Morgan fingerprint density at radius 3 is 0.691 bits per heavy atom. The first-order chi connectivity index (χ1) is 62.9. The van der Waals surface area contributed by atoms with Crippen LogP contribution in [0.2, 0.25) is 232 Å². The van der Waals surface area contributed by atoms with E-state index in [-0.39, 0.29) is 81.5 Å². The lowest BCUT2D eigenvalue weighted by Gasteiger charge is -2.47. The van der Waals surface area contributed by atoms with E-state index in [1.54, 1.807) is 55.4 Å². The smallest absolute Gasteiger partial charge is 0.462 e. The van der Waals surface area contributed by atoms with E-state index in [9.17, 15) is 48.6 Å². The van der Waals surface area contributed by atoms with E-state index in [1.165, 1.54) is 18.9 Å². The van der Waals surface area contributed by atoms with Crippen LogP contribution < -0.4 is 0 Å². The average Bonchev–Trinajstić information content (AvgIpc) is 0.773. The molecule has 0 radical (unpaired) electrons. The molecule has 5 unspecified atom stereocenters. The van der Waals surface area contributed by atoms with Gasteiger partial charge in [0.25, 0.3) is 0 Å². The minimum atomic E-state index is -3.46. The third-order valence-corrected chi connectivity index (χ3v) is 66.6. The zero-order valence-corrected chi connectivity index (χ0v) is 107. The fraction of sp³-hybridized carbons (Fsp3) is 0.745. The number of ether oxygens (including phenoxy) is 11. The van der Waals surface area contributed by atoms with Crippen molar-refractivity contribution in [1.82, 2.24) is 0 Å². The van der Waals surface area contributed by atoms with Crippen LogP contribution in [0, 0.1) is 0 Å². The minimum Gasteiger partial charge on any atom is -0.462 e. The second-order valence-electron chi connectivity index (χ2n) is 44.3. The third-order valence-electron chi connectivity index (χ3n) is 18.0. The van der Waals surface area contributed by atoms with E-state index in [1.807, 2.05) is 0 Å². The fourth-order valence-electron chi connectivity index (χ4n) is 13.2. The minimum absolute atomic E-state index is 0.0493. The summed E-state index contributed by atoms with van der Waals surface area (Å²) in [6.07, 6.45) is 4.76. The van der Waals surface area contributed by atoms with Crippen LogP contribution >= 0.6 is 0 Å². The van der Waals surface area contributed by atoms with Crippen molar-refractivity contribution in [2.75, 3.05) is 85.9 Å². The molecule has 0 aliphatic heterocycles. The van der Waals surface area contributed by atoms with Gasteiger partial charge >= 0.3 is 82.5 Å². The quantitative estimate of drug-likeness (QED) is 0.0188. The van der Waals surface area contributed by atoms with Crippen LogP contribution in [-0.4, -0.2) is 280 Å². The number of carbonyl (C=O) groups is 8. The lowest BCUT2D eigenvalue weighted by atomic mass is 10.3. The summed E-state index contributed by atoms with van der Waals surface area (Å²) in [7, 11) is -32.0. The monoisotopic (exact) mass is 2210 g/mol. The predicted octanol–water partition coefficient (Wildman–Crippen LogP) is 21.6. The van der Waals surface area contributed by atoms with Crippen LogP contribution in [0.25, 0.3) is 0 Å². The van der Waals surface area contributed by atoms with Gasteiger partial charge in [-0.15, -0.1) is 0 Å². The molecule has 0 rings (SSSR count). The van der Waals surface area contributed by atoms with Gasteiger partial charge in [-0.05, 0) is 320 Å². The number of aliphatic hydroxyl groups excluding tert-OH is 2. The van der Waals surface area contributed by atoms with Gasteiger partial charge in [-0.1, -0.05) is 72.4 Å². The predicted molar refractivity (Wildman–Crippen MR) is 591 cm³/mol. The first kappa shape index (κ1) is 141. The van der Waals surface area contributed by atoms with Crippen molar-refractivity contribution in [3.8, 4) is 0 Å². The Kier molecular flexibility index (Phi) is 68.3. The molecule has 0 saturated heterocycles. The molecular weight excluding hydrogens is 2020 g/mol. The second kappa shape index (κ2) is 67.2. The summed E-state index contributed by atoms with van der Waals surface area (Å²) < 4.78 is 127. The molecule has 0 aromatic heterocycles. The Balaban J connectivity index is -0.000000893. The van der Waals surface area contributed by atoms with Gasteiger partial charge in [-0.25, -0.2) is 38.4 Å². The van der Waals surface area contributed by atoms with Crippen molar-refractivity contribution in [2.24, 2.45) is 0 Å². The molecule has 0 spiro atoms. The molecule has 0 fully saturated rings. The Bertz CT molecular complexity index is 3600. The molecule has 139 heavy (non-hydrogen) atoms. The van der Waals surface area contributed by atoms with Crippen molar-refractivity contribution >= 4 is 166 Å². The average molecular weight is 2210 g/mol. The highest BCUT2D eigenvalue weighted by Crippen LogP contribution is 2.38. The van der Waals surface area contributed by atoms with E-state index in [0.717, 1.165) is 37.4 Å². The highest BCUT2D eigenvalue weighted by atomic mass is 28.5. The zero-order chi connectivity index (χ0) is 109. The number of carbonyl (C=O) groups excluding carboxylic acids is 8. The Morgan fingerprint density at radius 2 is 0.446 bits per heavy atom. The Morgan fingerprint density at radius 1 is 0.230 bits per heavy atom. The van der Waals surface area contributed by atoms with Gasteiger partial charge in [0, 0.05) is 76.5 Å². The van der Waals surface area contributed by atoms with Crippen LogP contribution in [0.5, 0.6) is 0 Å². The molecule has 0 bridgehead atoms. The topological polar surface area (TPSA) is 371 Å². The van der Waals surface area contributed by atoms with Crippen molar-refractivity contribution in [1.29, 1.82) is 0 Å². The molecule has 0 saturated carbocycles. The number of hydrogen-bond donors (Lipinski definition) is 2. The standard InChI is InChI=1S/C28H58O11Si4.C26H58O9Si6.C22H42O6Si2.C18H34O5Si2/c1-23(2)27(31)35-21-25(29)19-33-15-13-17-42(11,37-40(5,6)7)39-43(12,38-41(8,9)10)18-14-16-34-20-26(30)22-36-28(32)24(3)4;1-23(2)25(27)29-19-17-21-40(31-36(5,6)7,32-37(8,9)10)35-41(33-38(11,12)13,34-39(14,15)16)22-18-20-30-26(28)24(3)4;1-10-11-14-29(6,7)28-30(8,9)15-12-13-25-16-20(27-22(24)19(4)5)17-26-21(23)18(2)3;1-15(2)17(19)21-11-9-13-24(5,6)23-25(7,8)14-10-12-22-18(20)16(3)4/h25-26,29-30H,1,3,13-22H2,2,4-12H3;1,3,17-22H2,2,4-16H3;20H,2,4,10-17H2,1,3,5-9H3;1,3,9-14H2,2,4-8H3. The van der Waals surface area contributed by atoms with Gasteiger partial charge in [0.1, 0.15) is 32.0 Å². The molecule has 0 amide bonds. The number of rotatable bonds is 72. The van der Waals surface area contributed by atoms with Gasteiger partial charge in [-0.3, -0.25) is 0 Å². The summed E-state index contributed by atoms with van der Waals surface area (Å²) in [5.41, 5.74) is 2.68. The summed E-state index contributed by atoms with van der Waals surface area (Å²) in [4.78, 5) is 93.2. The third kappa shape index (κ3) is 79.9. The first-order valence-electron chi connectivity index (χ1n) is 48.7. The van der Waals surface area contributed by atoms with Gasteiger partial charge in [-0.2, -0.15) is 0 Å². The molecule has 810 valence electrons. The lowest BCUT2D eigenvalue weighted by molar-refractivity contribution is -0.157. The summed E-state index contributed by atoms with van der Waals surface area (Å²) in [5, 5.41) is 20.1. The molecule has 0 aromatic rings. The van der Waals surface area contributed by atoms with E-state index >= 15 is 0 Å². The summed E-state index contributed by atoms with van der Waals surface area (Å²) in [5.74, 6) is -3.65. The largest absolute Gasteiger partial charge is 0.472 e. The number of aliphatic hydroxyl groups is 2. The van der Waals surface area contributed by atoms with Crippen molar-refractivity contribution < 1.29 is 142 Å². The molecule has 0 heterocycles. The highest BCUT2D eigenvalue weighted by Gasteiger charge is 2.59. The molecular formula is C94H192O31Si14. The van der Waals surface area contributed by atoms with E-state index in [2.05, 4.69) is 243 Å². The second-order valence-corrected chi connectivity index (χ2v) is 103. The lowest BCUT2D eigenvalue weighted by Crippen LogP contribution is -2.67. The van der Waals surface area contributed by atoms with Crippen LogP contribution in [0.3, 0.4) is 0 Å². The van der Waals surface area contributed by atoms with Crippen molar-refractivity contribution in [3.05, 3.63) is 97.2 Å². The maximum absolute atomic E-state index is 12.0. The van der Waals surface area contributed by atoms with Gasteiger partial charge in [0.2, 0.25) is 0 Å². The van der Waals surface area contributed by atoms with E-state index in [4.69, 9.17) is 93.3 Å². The molecule has 45 heteroatoms. The van der Waals surface area contributed by atoms with Crippen LogP contribution in [-0.2, 0) is 132 Å². The molecule has 0 aliphatic rings. The molecule has 2 N–H and O–H groups in total. The van der Waals surface area contributed by atoms with Crippen LogP contribution in [0.1, 0.15) is 120 Å². The summed E-state index contributed by atoms with van der Waals surface area (Å²) >= 11 is 0. The van der Waals surface area contributed by atoms with Gasteiger partial charge in [0.15, 0.2) is 89.3 Å². The van der Waals surface area contributed by atoms with Crippen molar-refractivity contribution in [2.45, 2.75) is 370 Å². The number of unbranched alkanes of at least 4 members (excludes halogenated alkanes) is 1. The summed E-state index contributed by atoms with van der Waals surface area (Å²) in [6, 6.07) is 6.40. The SMILES string of the molecule is C=C(C)C(=O)OCC(COCCC[Si](C)(C)O[Si](C)(C)CCCC)OC(=O)C(=C)C.C=C(C)C(=O)OCC(O)COCCC[Si](C)(O[Si](C)(C)C)O[Si](C)(CCCOCC(O)COC(=O)C(=C)C)O[Si](C)(C)C.C=C(C)C(=O)OCCC[Si](C)(C)O[Si](C)(C)CCCOC(=O)C(=C)C.C=C(C)C(=O)OCCC[Si](O[Si](C)(C)C)(O[Si](C)(C)C)O[Si](CCCOC(=O)C(=C)C)(O[Si](C)(C)C)O[Si](C)(C)C. The maximum atomic E-state index is 12.0. The van der Waals surface area contributed by atoms with E-state index in [0.29, 0.717) is 111 Å². The van der Waals surface area contributed by atoms with Crippen LogP contribution in [0.4, 0.5) is 0 Å². The molecule has 0 aliphatic carbocycles. The molecule has 0 aromatic carbocycles. The first-order valence-corrected chi connectivity index (χ1v) is 90.5. The number of hydrogen-bond acceptors (Lipinski definition) is 31.